The van der Waals surface area contributed by atoms with Crippen LogP contribution in [-0.2, 0) is 26.3 Å². The van der Waals surface area contributed by atoms with Gasteiger partial charge in [0.1, 0.15) is 0 Å². The minimum atomic E-state index is 0.00683. The van der Waals surface area contributed by atoms with Crippen molar-refractivity contribution in [3.05, 3.63) is 34.4 Å². The molecule has 1 aliphatic rings. The highest BCUT2D eigenvalue weighted by molar-refractivity contribution is 5.39. The van der Waals surface area contributed by atoms with Gasteiger partial charge in [-0.3, -0.25) is 4.90 Å². The molecule has 3 nitrogen and oxygen atoms in total. The van der Waals surface area contributed by atoms with E-state index in [0.717, 1.165) is 24.2 Å². The Bertz CT molecular complexity index is 316. The fourth-order valence-electron chi connectivity index (χ4n) is 2.02. The number of rotatable bonds is 2. The standard InChI is InChI=1S/C11H15NO2/c1-12-4-8-2-10(6-13)11(7-14)3-9(8)5-12/h2-3,13-14H,4-7H2,1H3. The summed E-state index contributed by atoms with van der Waals surface area (Å²) < 4.78 is 0. The van der Waals surface area contributed by atoms with Gasteiger partial charge in [-0.1, -0.05) is 12.1 Å². The Kier molecular flexibility index (Phi) is 2.54. The van der Waals surface area contributed by atoms with Crippen molar-refractivity contribution in [2.24, 2.45) is 0 Å². The molecule has 2 rings (SSSR count). The zero-order valence-electron chi connectivity index (χ0n) is 8.32. The first-order valence-corrected chi connectivity index (χ1v) is 4.78. The number of fused-ring (bicyclic) bond motifs is 1. The fourth-order valence-corrected chi connectivity index (χ4v) is 2.02. The van der Waals surface area contributed by atoms with Crippen LogP contribution in [0.4, 0.5) is 0 Å². The summed E-state index contributed by atoms with van der Waals surface area (Å²) in [6, 6.07) is 4.01. The van der Waals surface area contributed by atoms with Gasteiger partial charge in [-0.05, 0) is 29.3 Å². The maximum Gasteiger partial charge on any atom is 0.0685 e. The van der Waals surface area contributed by atoms with Crippen molar-refractivity contribution < 1.29 is 10.2 Å². The lowest BCUT2D eigenvalue weighted by molar-refractivity contribution is 0.260. The van der Waals surface area contributed by atoms with E-state index in [-0.39, 0.29) is 13.2 Å². The van der Waals surface area contributed by atoms with Crippen molar-refractivity contribution in [2.45, 2.75) is 26.3 Å². The summed E-state index contributed by atoms with van der Waals surface area (Å²) in [4.78, 5) is 2.22. The van der Waals surface area contributed by atoms with Crippen LogP contribution in [-0.4, -0.2) is 22.2 Å². The molecule has 0 spiro atoms. The second kappa shape index (κ2) is 3.69. The molecule has 14 heavy (non-hydrogen) atoms. The van der Waals surface area contributed by atoms with Crippen molar-refractivity contribution in [3.8, 4) is 0 Å². The first-order chi connectivity index (χ1) is 6.74. The average Bonchev–Trinajstić information content (AvgIpc) is 2.54. The molecule has 1 heterocycles. The van der Waals surface area contributed by atoms with Crippen LogP contribution < -0.4 is 0 Å². The third kappa shape index (κ3) is 1.54. The van der Waals surface area contributed by atoms with E-state index in [0.29, 0.717) is 0 Å². The Morgan fingerprint density at radius 2 is 1.50 bits per heavy atom. The van der Waals surface area contributed by atoms with Crippen molar-refractivity contribution in [1.82, 2.24) is 4.90 Å². The Hall–Kier alpha value is -0.900. The Morgan fingerprint density at radius 3 is 1.86 bits per heavy atom. The summed E-state index contributed by atoms with van der Waals surface area (Å²) in [7, 11) is 2.07. The quantitative estimate of drug-likeness (QED) is 0.723. The van der Waals surface area contributed by atoms with Crippen LogP contribution in [0, 0.1) is 0 Å². The molecular formula is C11H15NO2. The zero-order valence-corrected chi connectivity index (χ0v) is 8.32. The SMILES string of the molecule is CN1Cc2cc(CO)c(CO)cc2C1. The van der Waals surface area contributed by atoms with Crippen LogP contribution in [0.1, 0.15) is 22.3 Å². The van der Waals surface area contributed by atoms with E-state index >= 15 is 0 Å². The second-order valence-corrected chi connectivity index (χ2v) is 3.88. The third-order valence-corrected chi connectivity index (χ3v) is 2.74. The molecule has 3 heteroatoms. The van der Waals surface area contributed by atoms with Gasteiger partial charge < -0.3 is 10.2 Å². The lowest BCUT2D eigenvalue weighted by atomic mass is 10.0. The van der Waals surface area contributed by atoms with Gasteiger partial charge in [0.25, 0.3) is 0 Å². The molecule has 0 fully saturated rings. The molecule has 0 saturated heterocycles. The Morgan fingerprint density at radius 1 is 1.07 bits per heavy atom. The molecule has 76 valence electrons. The minimum Gasteiger partial charge on any atom is -0.392 e. The maximum atomic E-state index is 9.12. The van der Waals surface area contributed by atoms with Gasteiger partial charge in [0.05, 0.1) is 13.2 Å². The maximum absolute atomic E-state index is 9.12. The molecule has 1 aromatic rings. The lowest BCUT2D eigenvalue weighted by Gasteiger charge is -2.07. The fraction of sp³-hybridized carbons (Fsp3) is 0.455. The summed E-state index contributed by atoms with van der Waals surface area (Å²) >= 11 is 0. The highest BCUT2D eigenvalue weighted by atomic mass is 16.3. The van der Waals surface area contributed by atoms with Crippen LogP contribution in [0.3, 0.4) is 0 Å². The summed E-state index contributed by atoms with van der Waals surface area (Å²) in [6.07, 6.45) is 0. The van der Waals surface area contributed by atoms with Gasteiger partial charge in [0.2, 0.25) is 0 Å². The number of aliphatic hydroxyl groups is 2. The molecule has 1 aliphatic heterocycles. The van der Waals surface area contributed by atoms with E-state index < -0.39 is 0 Å². The van der Waals surface area contributed by atoms with E-state index in [1.54, 1.807) is 0 Å². The topological polar surface area (TPSA) is 43.7 Å². The summed E-state index contributed by atoms with van der Waals surface area (Å²) in [6.45, 7) is 1.89. The van der Waals surface area contributed by atoms with E-state index in [2.05, 4.69) is 11.9 Å². The number of hydrogen-bond acceptors (Lipinski definition) is 3. The molecule has 2 N–H and O–H groups in total. The molecule has 0 unspecified atom stereocenters. The average molecular weight is 193 g/mol. The van der Waals surface area contributed by atoms with Gasteiger partial charge in [0.15, 0.2) is 0 Å². The smallest absolute Gasteiger partial charge is 0.0685 e. The molecule has 0 amide bonds. The lowest BCUT2D eigenvalue weighted by Crippen LogP contribution is -2.07. The van der Waals surface area contributed by atoms with Gasteiger partial charge in [-0.2, -0.15) is 0 Å². The van der Waals surface area contributed by atoms with Gasteiger partial charge in [-0.25, -0.2) is 0 Å². The first-order valence-electron chi connectivity index (χ1n) is 4.78. The number of hydrogen-bond donors (Lipinski definition) is 2. The normalized spacial score (nSPS) is 15.9. The predicted molar refractivity (Wildman–Crippen MR) is 53.5 cm³/mol. The Labute approximate surface area is 83.6 Å². The Balaban J connectivity index is 2.43. The van der Waals surface area contributed by atoms with Gasteiger partial charge in [0, 0.05) is 13.1 Å². The molecule has 0 bridgehead atoms. The molecule has 0 radical (unpaired) electrons. The molecular weight excluding hydrogens is 178 g/mol. The number of benzene rings is 1. The summed E-state index contributed by atoms with van der Waals surface area (Å²) in [5, 5.41) is 18.2. The van der Waals surface area contributed by atoms with Crippen molar-refractivity contribution >= 4 is 0 Å². The largest absolute Gasteiger partial charge is 0.392 e. The molecule has 0 aliphatic carbocycles. The highest BCUT2D eigenvalue weighted by Gasteiger charge is 2.17. The van der Waals surface area contributed by atoms with Crippen LogP contribution in [0.5, 0.6) is 0 Å². The van der Waals surface area contributed by atoms with E-state index in [1.807, 2.05) is 12.1 Å². The molecule has 0 saturated carbocycles. The van der Waals surface area contributed by atoms with Crippen LogP contribution in [0.2, 0.25) is 0 Å². The first kappa shape index (κ1) is 9.65. The third-order valence-electron chi connectivity index (χ3n) is 2.74. The highest BCUT2D eigenvalue weighted by Crippen LogP contribution is 2.25. The second-order valence-electron chi connectivity index (χ2n) is 3.88. The predicted octanol–water partition coefficient (Wildman–Crippen LogP) is 0.617. The van der Waals surface area contributed by atoms with Crippen LogP contribution >= 0.6 is 0 Å². The monoisotopic (exact) mass is 193 g/mol. The van der Waals surface area contributed by atoms with E-state index in [9.17, 15) is 0 Å². The van der Waals surface area contributed by atoms with E-state index in [4.69, 9.17) is 10.2 Å². The van der Waals surface area contributed by atoms with Crippen molar-refractivity contribution in [1.29, 1.82) is 0 Å². The zero-order chi connectivity index (χ0) is 10.1. The van der Waals surface area contributed by atoms with Crippen LogP contribution in [0.25, 0.3) is 0 Å². The van der Waals surface area contributed by atoms with Crippen molar-refractivity contribution in [2.75, 3.05) is 7.05 Å². The summed E-state index contributed by atoms with van der Waals surface area (Å²) in [5.74, 6) is 0. The molecule has 1 aromatic carbocycles. The van der Waals surface area contributed by atoms with Crippen LogP contribution in [0.15, 0.2) is 12.1 Å². The summed E-state index contributed by atoms with van der Waals surface area (Å²) in [5.41, 5.74) is 4.24. The molecule has 0 atom stereocenters. The van der Waals surface area contributed by atoms with E-state index in [1.165, 1.54) is 11.1 Å². The number of nitrogens with zero attached hydrogens (tertiary/aromatic N) is 1. The molecule has 0 aromatic heterocycles. The van der Waals surface area contributed by atoms with Gasteiger partial charge >= 0.3 is 0 Å². The minimum absolute atomic E-state index is 0.00683. The van der Waals surface area contributed by atoms with Gasteiger partial charge in [-0.15, -0.1) is 0 Å². The van der Waals surface area contributed by atoms with Crippen molar-refractivity contribution in [3.63, 3.8) is 0 Å². The number of aliphatic hydroxyl groups excluding tert-OH is 2.